The average Bonchev–Trinajstić information content (AvgIpc) is 2.35. The second-order valence-corrected chi connectivity index (χ2v) is 5.15. The molecule has 1 fully saturated rings. The van der Waals surface area contributed by atoms with Crippen LogP contribution in [0.3, 0.4) is 0 Å². The van der Waals surface area contributed by atoms with Crippen molar-refractivity contribution >= 4 is 5.91 Å². The molecule has 0 spiro atoms. The summed E-state index contributed by atoms with van der Waals surface area (Å²) in [5.74, 6) is 0.761. The normalized spacial score (nSPS) is 19.7. The lowest BCUT2D eigenvalue weighted by Gasteiger charge is -2.34. The van der Waals surface area contributed by atoms with Crippen LogP contribution in [-0.2, 0) is 9.53 Å². The van der Waals surface area contributed by atoms with E-state index in [4.69, 9.17) is 9.84 Å². The highest BCUT2D eigenvalue weighted by atomic mass is 16.5. The molecule has 0 aromatic carbocycles. The third-order valence-electron chi connectivity index (χ3n) is 3.59. The molecule has 1 amide bonds. The van der Waals surface area contributed by atoms with Crippen molar-refractivity contribution < 1.29 is 14.6 Å². The number of carbonyl (C=O) groups excluding carboxylic acids is 1. The van der Waals surface area contributed by atoms with Gasteiger partial charge >= 0.3 is 0 Å². The van der Waals surface area contributed by atoms with Crippen LogP contribution < -0.4 is 0 Å². The van der Waals surface area contributed by atoms with Gasteiger partial charge in [0.05, 0.1) is 19.3 Å². The number of piperidine rings is 1. The number of hydrogen-bond donors (Lipinski definition) is 1. The third-order valence-corrected chi connectivity index (χ3v) is 3.59. The van der Waals surface area contributed by atoms with Crippen LogP contribution in [0.2, 0.25) is 0 Å². The Balaban J connectivity index is 2.33. The van der Waals surface area contributed by atoms with Crippen molar-refractivity contribution in [1.29, 1.82) is 0 Å². The van der Waals surface area contributed by atoms with Gasteiger partial charge in [-0.25, -0.2) is 0 Å². The number of ether oxygens (including phenoxy) is 1. The summed E-state index contributed by atoms with van der Waals surface area (Å²) < 4.78 is 5.48. The summed E-state index contributed by atoms with van der Waals surface area (Å²) in [6.07, 6.45) is 1.98. The van der Waals surface area contributed by atoms with Gasteiger partial charge in [-0.2, -0.15) is 0 Å². The molecule has 1 aliphatic rings. The number of amides is 1. The zero-order valence-electron chi connectivity index (χ0n) is 11.2. The first-order valence-electron chi connectivity index (χ1n) is 6.57. The van der Waals surface area contributed by atoms with E-state index >= 15 is 0 Å². The highest BCUT2D eigenvalue weighted by Gasteiger charge is 2.27. The van der Waals surface area contributed by atoms with E-state index in [1.165, 1.54) is 0 Å². The Labute approximate surface area is 104 Å². The van der Waals surface area contributed by atoms with Gasteiger partial charge < -0.3 is 14.7 Å². The largest absolute Gasteiger partial charge is 0.394 e. The Hall–Kier alpha value is -0.610. The zero-order chi connectivity index (χ0) is 12.8. The van der Waals surface area contributed by atoms with Crippen LogP contribution in [0.4, 0.5) is 0 Å². The van der Waals surface area contributed by atoms with Crippen LogP contribution in [0.1, 0.15) is 33.6 Å². The summed E-state index contributed by atoms with van der Waals surface area (Å²) in [5, 5.41) is 8.68. The second kappa shape index (κ2) is 6.97. The van der Waals surface area contributed by atoms with E-state index in [1.54, 1.807) is 0 Å². The highest BCUT2D eigenvalue weighted by molar-refractivity contribution is 5.78. The SMILES string of the molecule is CC(C)C(C)C(=O)N1CCC(OCCO)CC1. The average molecular weight is 243 g/mol. The van der Waals surface area contributed by atoms with Gasteiger partial charge in [0.2, 0.25) is 5.91 Å². The van der Waals surface area contributed by atoms with Crippen molar-refractivity contribution in [1.82, 2.24) is 4.90 Å². The van der Waals surface area contributed by atoms with E-state index in [9.17, 15) is 4.79 Å². The molecule has 0 radical (unpaired) electrons. The standard InChI is InChI=1S/C13H25NO3/c1-10(2)11(3)13(16)14-6-4-12(5-7-14)17-9-8-15/h10-12,15H,4-9H2,1-3H3. The lowest BCUT2D eigenvalue weighted by Crippen LogP contribution is -2.44. The summed E-state index contributed by atoms with van der Waals surface area (Å²) in [7, 11) is 0. The van der Waals surface area contributed by atoms with Crippen molar-refractivity contribution in [2.24, 2.45) is 11.8 Å². The van der Waals surface area contributed by atoms with Gasteiger partial charge in [-0.3, -0.25) is 4.79 Å². The number of aliphatic hydroxyl groups excluding tert-OH is 1. The van der Waals surface area contributed by atoms with Crippen LogP contribution >= 0.6 is 0 Å². The number of carbonyl (C=O) groups is 1. The van der Waals surface area contributed by atoms with Gasteiger partial charge in [0.15, 0.2) is 0 Å². The third kappa shape index (κ3) is 4.28. The molecule has 4 nitrogen and oxygen atoms in total. The van der Waals surface area contributed by atoms with E-state index in [2.05, 4.69) is 13.8 Å². The van der Waals surface area contributed by atoms with Crippen LogP contribution in [0.5, 0.6) is 0 Å². The van der Waals surface area contributed by atoms with Crippen molar-refractivity contribution in [3.8, 4) is 0 Å². The number of likely N-dealkylation sites (tertiary alicyclic amines) is 1. The molecule has 4 heteroatoms. The Morgan fingerprint density at radius 1 is 1.35 bits per heavy atom. The van der Waals surface area contributed by atoms with Gasteiger partial charge in [-0.15, -0.1) is 0 Å². The van der Waals surface area contributed by atoms with Gasteiger partial charge in [0, 0.05) is 19.0 Å². The first kappa shape index (κ1) is 14.5. The lowest BCUT2D eigenvalue weighted by atomic mass is 9.95. The fourth-order valence-electron chi connectivity index (χ4n) is 2.04. The molecular formula is C13H25NO3. The van der Waals surface area contributed by atoms with Gasteiger partial charge in [-0.1, -0.05) is 20.8 Å². The van der Waals surface area contributed by atoms with Crippen molar-refractivity contribution in [3.63, 3.8) is 0 Å². The maximum Gasteiger partial charge on any atom is 0.225 e. The fraction of sp³-hybridized carbons (Fsp3) is 0.923. The van der Waals surface area contributed by atoms with Crippen molar-refractivity contribution in [2.45, 2.75) is 39.7 Å². The van der Waals surface area contributed by atoms with E-state index < -0.39 is 0 Å². The number of hydrogen-bond acceptors (Lipinski definition) is 3. The molecule has 0 bridgehead atoms. The number of nitrogens with zero attached hydrogens (tertiary/aromatic N) is 1. The Bertz CT molecular complexity index is 235. The van der Waals surface area contributed by atoms with E-state index in [-0.39, 0.29) is 24.5 Å². The molecule has 1 rings (SSSR count). The van der Waals surface area contributed by atoms with Crippen LogP contribution in [0.25, 0.3) is 0 Å². The zero-order valence-corrected chi connectivity index (χ0v) is 11.2. The van der Waals surface area contributed by atoms with Gasteiger partial charge in [0.25, 0.3) is 0 Å². The summed E-state index contributed by atoms with van der Waals surface area (Å²) in [5.41, 5.74) is 0. The minimum absolute atomic E-state index is 0.0729. The van der Waals surface area contributed by atoms with E-state index in [0.717, 1.165) is 25.9 Å². The predicted octanol–water partition coefficient (Wildman–Crippen LogP) is 1.28. The summed E-state index contributed by atoms with van der Waals surface area (Å²) >= 11 is 0. The quantitative estimate of drug-likeness (QED) is 0.791. The molecule has 0 aliphatic carbocycles. The lowest BCUT2D eigenvalue weighted by molar-refractivity contribution is -0.139. The molecule has 100 valence electrons. The topological polar surface area (TPSA) is 49.8 Å². The molecule has 0 aromatic heterocycles. The minimum atomic E-state index is 0.0729. The van der Waals surface area contributed by atoms with Gasteiger partial charge in [-0.05, 0) is 18.8 Å². The molecule has 1 atom stereocenters. The van der Waals surface area contributed by atoms with Crippen LogP contribution in [0.15, 0.2) is 0 Å². The van der Waals surface area contributed by atoms with Gasteiger partial charge in [0.1, 0.15) is 0 Å². The predicted molar refractivity (Wildman–Crippen MR) is 66.6 cm³/mol. The molecule has 1 heterocycles. The second-order valence-electron chi connectivity index (χ2n) is 5.15. The number of rotatable bonds is 5. The molecule has 1 saturated heterocycles. The monoisotopic (exact) mass is 243 g/mol. The van der Waals surface area contributed by atoms with Crippen LogP contribution in [-0.4, -0.2) is 48.3 Å². The van der Waals surface area contributed by atoms with Crippen molar-refractivity contribution in [2.75, 3.05) is 26.3 Å². The molecule has 0 aromatic rings. The Morgan fingerprint density at radius 2 is 1.94 bits per heavy atom. The van der Waals surface area contributed by atoms with E-state index in [1.807, 2.05) is 11.8 Å². The molecule has 1 N–H and O–H groups in total. The molecule has 17 heavy (non-hydrogen) atoms. The maximum atomic E-state index is 12.1. The summed E-state index contributed by atoms with van der Waals surface area (Å²) in [6.45, 7) is 8.21. The highest BCUT2D eigenvalue weighted by Crippen LogP contribution is 2.19. The molecule has 1 aliphatic heterocycles. The summed E-state index contributed by atoms with van der Waals surface area (Å²) in [4.78, 5) is 14.1. The van der Waals surface area contributed by atoms with Crippen LogP contribution in [0, 0.1) is 11.8 Å². The fourth-order valence-corrected chi connectivity index (χ4v) is 2.04. The molecule has 1 unspecified atom stereocenters. The molecule has 0 saturated carbocycles. The Kier molecular flexibility index (Phi) is 5.92. The smallest absolute Gasteiger partial charge is 0.225 e. The first-order valence-corrected chi connectivity index (χ1v) is 6.57. The molecular weight excluding hydrogens is 218 g/mol. The summed E-state index contributed by atoms with van der Waals surface area (Å²) in [6, 6.07) is 0. The van der Waals surface area contributed by atoms with Crippen molar-refractivity contribution in [3.05, 3.63) is 0 Å². The first-order chi connectivity index (χ1) is 8.06. The minimum Gasteiger partial charge on any atom is -0.394 e. The Morgan fingerprint density at radius 3 is 2.41 bits per heavy atom. The number of aliphatic hydroxyl groups is 1. The van der Waals surface area contributed by atoms with E-state index in [0.29, 0.717) is 12.5 Å². The maximum absolute atomic E-state index is 12.1.